The minimum absolute atomic E-state index is 0.199. The van der Waals surface area contributed by atoms with Crippen molar-refractivity contribution in [2.75, 3.05) is 7.05 Å². The molecular formula is C24H23FN4. The summed E-state index contributed by atoms with van der Waals surface area (Å²) in [5, 5.41) is 5.34. The van der Waals surface area contributed by atoms with Gasteiger partial charge in [0.2, 0.25) is 0 Å². The normalized spacial score (nSPS) is 11.3. The summed E-state index contributed by atoms with van der Waals surface area (Å²) in [6, 6.07) is 15.4. The molecule has 146 valence electrons. The molecule has 0 aliphatic carbocycles. The first-order valence-electron chi connectivity index (χ1n) is 9.50. The number of pyridine rings is 1. The van der Waals surface area contributed by atoms with Gasteiger partial charge in [-0.15, -0.1) is 0 Å². The van der Waals surface area contributed by atoms with Crippen molar-refractivity contribution in [2.45, 2.75) is 13.1 Å². The van der Waals surface area contributed by atoms with E-state index in [0.717, 1.165) is 33.3 Å². The highest BCUT2D eigenvalue weighted by Crippen LogP contribution is 2.26. The van der Waals surface area contributed by atoms with Crippen LogP contribution < -0.4 is 0 Å². The molecule has 0 unspecified atom stereocenters. The predicted molar refractivity (Wildman–Crippen MR) is 116 cm³/mol. The average molecular weight is 386 g/mol. The number of hydrogen-bond acceptors (Lipinski definition) is 3. The van der Waals surface area contributed by atoms with Crippen molar-refractivity contribution in [3.05, 3.63) is 90.1 Å². The van der Waals surface area contributed by atoms with Crippen LogP contribution in [0, 0.1) is 5.82 Å². The van der Waals surface area contributed by atoms with Crippen LogP contribution in [0.3, 0.4) is 0 Å². The van der Waals surface area contributed by atoms with Crippen molar-refractivity contribution in [3.63, 3.8) is 0 Å². The monoisotopic (exact) mass is 386 g/mol. The fraction of sp³-hybridized carbons (Fsp3) is 0.167. The van der Waals surface area contributed by atoms with Gasteiger partial charge in [-0.3, -0.25) is 14.6 Å². The quantitative estimate of drug-likeness (QED) is 0.465. The van der Waals surface area contributed by atoms with Crippen LogP contribution in [0.15, 0.2) is 67.5 Å². The summed E-state index contributed by atoms with van der Waals surface area (Å²) >= 11 is 0. The van der Waals surface area contributed by atoms with E-state index in [0.29, 0.717) is 18.7 Å². The lowest BCUT2D eigenvalue weighted by Gasteiger charge is -2.18. The van der Waals surface area contributed by atoms with Gasteiger partial charge >= 0.3 is 0 Å². The first-order chi connectivity index (χ1) is 14.0. The van der Waals surface area contributed by atoms with Crippen LogP contribution in [0.1, 0.15) is 16.8 Å². The smallest absolute Gasteiger partial charge is 0.128 e. The Labute approximate surface area is 169 Å². The molecular weight excluding hydrogens is 363 g/mol. The van der Waals surface area contributed by atoms with Crippen LogP contribution in [0.25, 0.3) is 28.1 Å². The van der Waals surface area contributed by atoms with E-state index >= 15 is 0 Å². The van der Waals surface area contributed by atoms with Crippen LogP contribution >= 0.6 is 0 Å². The Morgan fingerprint density at radius 3 is 2.62 bits per heavy atom. The zero-order valence-corrected chi connectivity index (χ0v) is 16.6. The van der Waals surface area contributed by atoms with E-state index in [9.17, 15) is 4.39 Å². The Morgan fingerprint density at radius 1 is 1.07 bits per heavy atom. The van der Waals surface area contributed by atoms with E-state index in [1.54, 1.807) is 18.3 Å². The molecule has 2 aromatic carbocycles. The van der Waals surface area contributed by atoms with Gasteiger partial charge in [-0.25, -0.2) is 4.39 Å². The molecule has 0 aliphatic rings. The van der Waals surface area contributed by atoms with E-state index in [2.05, 4.69) is 21.6 Å². The van der Waals surface area contributed by atoms with Crippen LogP contribution in [0.5, 0.6) is 0 Å². The van der Waals surface area contributed by atoms with Gasteiger partial charge in [-0.1, -0.05) is 36.9 Å². The Morgan fingerprint density at radius 2 is 1.83 bits per heavy atom. The zero-order valence-electron chi connectivity index (χ0n) is 16.6. The summed E-state index contributed by atoms with van der Waals surface area (Å²) in [6.45, 7) is 5.00. The van der Waals surface area contributed by atoms with E-state index in [-0.39, 0.29) is 5.82 Å². The van der Waals surface area contributed by atoms with Gasteiger partial charge in [0.15, 0.2) is 0 Å². The van der Waals surface area contributed by atoms with Crippen LogP contribution in [0.2, 0.25) is 0 Å². The topological polar surface area (TPSA) is 34.0 Å². The number of halogens is 1. The third kappa shape index (κ3) is 3.96. The maximum absolute atomic E-state index is 14.8. The Hall–Kier alpha value is -3.31. The van der Waals surface area contributed by atoms with Crippen molar-refractivity contribution in [3.8, 4) is 11.1 Å². The zero-order chi connectivity index (χ0) is 20.4. The number of aromatic nitrogens is 3. The summed E-state index contributed by atoms with van der Waals surface area (Å²) < 4.78 is 16.7. The van der Waals surface area contributed by atoms with Crippen LogP contribution in [-0.4, -0.2) is 26.7 Å². The van der Waals surface area contributed by atoms with Crippen molar-refractivity contribution in [2.24, 2.45) is 7.05 Å². The molecule has 4 rings (SSSR count). The third-order valence-electron chi connectivity index (χ3n) is 5.14. The molecule has 0 aliphatic heterocycles. The Kier molecular flexibility index (Phi) is 5.23. The molecule has 0 fully saturated rings. The average Bonchev–Trinajstić information content (AvgIpc) is 3.10. The van der Waals surface area contributed by atoms with Crippen LogP contribution in [0.4, 0.5) is 4.39 Å². The molecule has 4 aromatic rings. The van der Waals surface area contributed by atoms with E-state index in [1.165, 1.54) is 0 Å². The number of rotatable bonds is 6. The number of aryl methyl sites for hydroxylation is 1. The van der Waals surface area contributed by atoms with E-state index in [4.69, 9.17) is 0 Å². The second-order valence-electron chi connectivity index (χ2n) is 7.27. The molecule has 0 N–H and O–H groups in total. The van der Waals surface area contributed by atoms with Gasteiger partial charge in [-0.2, -0.15) is 5.10 Å². The molecule has 0 saturated heterocycles. The molecule has 2 heterocycles. The molecule has 0 amide bonds. The molecule has 0 atom stereocenters. The second kappa shape index (κ2) is 7.97. The standard InChI is InChI=1S/C24H23FN4/c1-4-23-21(6-5-11-26-23)16-28(2)15-20-10-8-17(12-22(20)25)18-7-9-19-14-27-29(3)24(19)13-18/h4-14H,1,15-16H2,2-3H3. The maximum atomic E-state index is 14.8. The first-order valence-corrected chi connectivity index (χ1v) is 9.50. The summed E-state index contributed by atoms with van der Waals surface area (Å²) in [5.74, 6) is -0.199. The highest BCUT2D eigenvalue weighted by Gasteiger charge is 2.11. The number of hydrogen-bond donors (Lipinski definition) is 0. The Bertz CT molecular complexity index is 1180. The van der Waals surface area contributed by atoms with Gasteiger partial charge < -0.3 is 0 Å². The summed E-state index contributed by atoms with van der Waals surface area (Å²) in [6.07, 6.45) is 5.33. The molecule has 4 nitrogen and oxygen atoms in total. The summed E-state index contributed by atoms with van der Waals surface area (Å²) in [5.41, 5.74) is 5.47. The van der Waals surface area contributed by atoms with Crippen molar-refractivity contribution < 1.29 is 4.39 Å². The van der Waals surface area contributed by atoms with Gasteiger partial charge in [-0.05, 0) is 48.0 Å². The molecule has 0 saturated carbocycles. The summed E-state index contributed by atoms with van der Waals surface area (Å²) in [7, 11) is 3.88. The highest BCUT2D eigenvalue weighted by atomic mass is 19.1. The van der Waals surface area contributed by atoms with Crippen molar-refractivity contribution >= 4 is 17.0 Å². The fourth-order valence-corrected chi connectivity index (χ4v) is 3.58. The highest BCUT2D eigenvalue weighted by molar-refractivity contribution is 5.84. The molecule has 0 spiro atoms. The molecule has 29 heavy (non-hydrogen) atoms. The lowest BCUT2D eigenvalue weighted by Crippen LogP contribution is -2.18. The lowest BCUT2D eigenvalue weighted by atomic mass is 10.0. The number of benzene rings is 2. The number of nitrogens with zero attached hydrogens (tertiary/aromatic N) is 4. The first kappa shape index (κ1) is 19.0. The number of fused-ring (bicyclic) bond motifs is 1. The van der Waals surface area contributed by atoms with Gasteiger partial charge in [0, 0.05) is 37.3 Å². The molecule has 2 aromatic heterocycles. The molecule has 0 bridgehead atoms. The molecule has 5 heteroatoms. The molecule has 0 radical (unpaired) electrons. The fourth-order valence-electron chi connectivity index (χ4n) is 3.58. The van der Waals surface area contributed by atoms with Crippen molar-refractivity contribution in [1.29, 1.82) is 0 Å². The van der Waals surface area contributed by atoms with Crippen LogP contribution in [-0.2, 0) is 20.1 Å². The lowest BCUT2D eigenvalue weighted by molar-refractivity contribution is 0.313. The predicted octanol–water partition coefficient (Wildman–Crippen LogP) is 5.05. The van der Waals surface area contributed by atoms with Gasteiger partial charge in [0.1, 0.15) is 5.82 Å². The largest absolute Gasteiger partial charge is 0.298 e. The third-order valence-corrected chi connectivity index (χ3v) is 5.14. The Balaban J connectivity index is 1.53. The SMILES string of the molecule is C=Cc1ncccc1CN(C)Cc1ccc(-c2ccc3cnn(C)c3c2)cc1F. The minimum Gasteiger partial charge on any atom is -0.298 e. The van der Waals surface area contributed by atoms with E-state index < -0.39 is 0 Å². The van der Waals surface area contributed by atoms with Crippen molar-refractivity contribution in [1.82, 2.24) is 19.7 Å². The second-order valence-corrected chi connectivity index (χ2v) is 7.27. The van der Waals surface area contributed by atoms with Gasteiger partial charge in [0.25, 0.3) is 0 Å². The van der Waals surface area contributed by atoms with E-state index in [1.807, 2.05) is 67.4 Å². The minimum atomic E-state index is -0.199. The summed E-state index contributed by atoms with van der Waals surface area (Å²) in [4.78, 5) is 6.39. The van der Waals surface area contributed by atoms with Gasteiger partial charge in [0.05, 0.1) is 17.4 Å². The maximum Gasteiger partial charge on any atom is 0.128 e.